The number of morpholine rings is 1. The molecule has 0 aromatic heterocycles. The van der Waals surface area contributed by atoms with Gasteiger partial charge in [-0.2, -0.15) is 0 Å². The number of rotatable bonds is 7. The van der Waals surface area contributed by atoms with Crippen molar-refractivity contribution in [3.8, 4) is 0 Å². The summed E-state index contributed by atoms with van der Waals surface area (Å²) < 4.78 is 18.5. The van der Waals surface area contributed by atoms with Gasteiger partial charge in [0.2, 0.25) is 5.91 Å². The molecule has 28 heavy (non-hydrogen) atoms. The van der Waals surface area contributed by atoms with Gasteiger partial charge in [0.1, 0.15) is 11.9 Å². The normalized spacial score (nSPS) is 20.7. The average Bonchev–Trinajstić information content (AvgIpc) is 2.72. The number of unbranched alkanes of at least 4 members (excludes halogenated alkanes) is 2. The largest absolute Gasteiger partial charge is 0.379 e. The van der Waals surface area contributed by atoms with E-state index < -0.39 is 6.04 Å². The Morgan fingerprint density at radius 3 is 2.64 bits per heavy atom. The number of nitrogens with one attached hydrogen (secondary N) is 2. The average molecular weight is 392 g/mol. The number of piperazine rings is 1. The number of halogens is 1. The molecule has 1 aromatic rings. The monoisotopic (exact) mass is 392 g/mol. The van der Waals surface area contributed by atoms with Crippen molar-refractivity contribution in [3.63, 3.8) is 0 Å². The van der Waals surface area contributed by atoms with Gasteiger partial charge in [-0.1, -0.05) is 18.6 Å². The van der Waals surface area contributed by atoms with Crippen LogP contribution in [0, 0.1) is 5.82 Å². The second kappa shape index (κ2) is 10.4. The quantitative estimate of drug-likeness (QED) is 0.690. The van der Waals surface area contributed by atoms with Gasteiger partial charge in [-0.25, -0.2) is 9.18 Å². The molecule has 1 atom stereocenters. The summed E-state index contributed by atoms with van der Waals surface area (Å²) in [6, 6.07) is 4.74. The fourth-order valence-corrected chi connectivity index (χ4v) is 3.62. The summed E-state index contributed by atoms with van der Waals surface area (Å²) in [5, 5.41) is 5.70. The zero-order valence-corrected chi connectivity index (χ0v) is 16.2. The molecule has 3 amide bonds. The molecule has 1 aromatic carbocycles. The van der Waals surface area contributed by atoms with E-state index in [9.17, 15) is 14.0 Å². The third kappa shape index (κ3) is 5.65. The Morgan fingerprint density at radius 1 is 1.14 bits per heavy atom. The Balaban J connectivity index is 1.42. The van der Waals surface area contributed by atoms with Crippen molar-refractivity contribution in [3.05, 3.63) is 35.6 Å². The van der Waals surface area contributed by atoms with E-state index >= 15 is 0 Å². The van der Waals surface area contributed by atoms with Crippen LogP contribution < -0.4 is 10.6 Å². The molecule has 2 aliphatic heterocycles. The molecule has 2 fully saturated rings. The summed E-state index contributed by atoms with van der Waals surface area (Å²) in [6.07, 6.45) is 3.04. The minimum Gasteiger partial charge on any atom is -0.379 e. The fourth-order valence-electron chi connectivity index (χ4n) is 3.62. The van der Waals surface area contributed by atoms with Gasteiger partial charge in [0, 0.05) is 32.7 Å². The molecule has 2 heterocycles. The van der Waals surface area contributed by atoms with Gasteiger partial charge in [-0.05, 0) is 37.1 Å². The van der Waals surface area contributed by atoms with E-state index in [0.29, 0.717) is 25.2 Å². The number of urea groups is 1. The number of hydrogen-bond donors (Lipinski definition) is 2. The van der Waals surface area contributed by atoms with Crippen molar-refractivity contribution in [2.45, 2.75) is 25.3 Å². The van der Waals surface area contributed by atoms with Crippen molar-refractivity contribution < 1.29 is 18.7 Å². The Bertz CT molecular complexity index is 649. The zero-order valence-electron chi connectivity index (χ0n) is 16.2. The van der Waals surface area contributed by atoms with Crippen LogP contribution in [0.4, 0.5) is 9.18 Å². The SMILES string of the molecule is O=C1NCCN(C(=O)NCCCCCN2CCOCC2)C1c1ccc(F)cc1. The summed E-state index contributed by atoms with van der Waals surface area (Å²) in [5.74, 6) is -0.605. The van der Waals surface area contributed by atoms with E-state index in [4.69, 9.17) is 4.74 Å². The molecular formula is C20H29FN4O3. The van der Waals surface area contributed by atoms with Crippen LogP contribution in [0.5, 0.6) is 0 Å². The maximum Gasteiger partial charge on any atom is 0.318 e. The molecule has 8 heteroatoms. The van der Waals surface area contributed by atoms with E-state index in [1.54, 1.807) is 12.1 Å². The fraction of sp³-hybridized carbons (Fsp3) is 0.600. The smallest absolute Gasteiger partial charge is 0.318 e. The van der Waals surface area contributed by atoms with Gasteiger partial charge in [0.05, 0.1) is 13.2 Å². The number of carbonyl (C=O) groups is 2. The van der Waals surface area contributed by atoms with Crippen LogP contribution in [0.15, 0.2) is 24.3 Å². The highest BCUT2D eigenvalue weighted by Gasteiger charge is 2.34. The highest BCUT2D eigenvalue weighted by atomic mass is 19.1. The molecule has 0 bridgehead atoms. The van der Waals surface area contributed by atoms with Crippen molar-refractivity contribution in [1.82, 2.24) is 20.4 Å². The van der Waals surface area contributed by atoms with Crippen LogP contribution in [0.3, 0.4) is 0 Å². The summed E-state index contributed by atoms with van der Waals surface area (Å²) in [6.45, 7) is 6.12. The molecule has 154 valence electrons. The van der Waals surface area contributed by atoms with Gasteiger partial charge in [0.15, 0.2) is 0 Å². The second-order valence-corrected chi connectivity index (χ2v) is 7.19. The number of carbonyl (C=O) groups excluding carboxylic acids is 2. The Hall–Kier alpha value is -2.19. The van der Waals surface area contributed by atoms with Crippen LogP contribution in [-0.4, -0.2) is 74.2 Å². The molecule has 0 radical (unpaired) electrons. The number of ether oxygens (including phenoxy) is 1. The first-order chi connectivity index (χ1) is 13.6. The number of amides is 3. The van der Waals surface area contributed by atoms with Gasteiger partial charge in [-0.3, -0.25) is 9.69 Å². The summed E-state index contributed by atoms with van der Waals surface area (Å²) >= 11 is 0. The lowest BCUT2D eigenvalue weighted by atomic mass is 10.0. The van der Waals surface area contributed by atoms with E-state index in [2.05, 4.69) is 15.5 Å². The molecule has 1 unspecified atom stereocenters. The van der Waals surface area contributed by atoms with E-state index in [0.717, 1.165) is 52.1 Å². The van der Waals surface area contributed by atoms with Gasteiger partial charge in [-0.15, -0.1) is 0 Å². The molecule has 7 nitrogen and oxygen atoms in total. The molecule has 0 spiro atoms. The van der Waals surface area contributed by atoms with Crippen molar-refractivity contribution in [2.75, 3.05) is 52.5 Å². The Kier molecular flexibility index (Phi) is 7.62. The number of hydrogen-bond acceptors (Lipinski definition) is 4. The third-order valence-corrected chi connectivity index (χ3v) is 5.19. The van der Waals surface area contributed by atoms with Crippen LogP contribution in [0.2, 0.25) is 0 Å². The van der Waals surface area contributed by atoms with Crippen molar-refractivity contribution >= 4 is 11.9 Å². The highest BCUT2D eigenvalue weighted by molar-refractivity contribution is 5.89. The van der Waals surface area contributed by atoms with Crippen molar-refractivity contribution in [1.29, 1.82) is 0 Å². The van der Waals surface area contributed by atoms with Crippen molar-refractivity contribution in [2.24, 2.45) is 0 Å². The lowest BCUT2D eigenvalue weighted by Gasteiger charge is -2.35. The predicted molar refractivity (Wildman–Crippen MR) is 103 cm³/mol. The van der Waals surface area contributed by atoms with Gasteiger partial charge < -0.3 is 20.3 Å². The lowest BCUT2D eigenvalue weighted by molar-refractivity contribution is -0.127. The topological polar surface area (TPSA) is 73.9 Å². The highest BCUT2D eigenvalue weighted by Crippen LogP contribution is 2.23. The summed E-state index contributed by atoms with van der Waals surface area (Å²) in [4.78, 5) is 28.9. The lowest BCUT2D eigenvalue weighted by Crippen LogP contribution is -2.54. The first-order valence-electron chi connectivity index (χ1n) is 10.0. The molecular weight excluding hydrogens is 363 g/mol. The predicted octanol–water partition coefficient (Wildman–Crippen LogP) is 1.51. The standard InChI is InChI=1S/C20H29FN4O3/c21-17-6-4-16(5-7-17)18-19(26)22-9-11-25(18)20(27)23-8-2-1-3-10-24-12-14-28-15-13-24/h4-7,18H,1-3,8-15H2,(H,22,26)(H,23,27). The first kappa shape index (κ1) is 20.5. The maximum atomic E-state index is 13.2. The van der Waals surface area contributed by atoms with Gasteiger partial charge in [0.25, 0.3) is 0 Å². The molecule has 0 saturated carbocycles. The van der Waals surface area contributed by atoms with Crippen LogP contribution >= 0.6 is 0 Å². The van der Waals surface area contributed by atoms with E-state index in [1.807, 2.05) is 0 Å². The van der Waals surface area contributed by atoms with E-state index in [1.165, 1.54) is 17.0 Å². The zero-order chi connectivity index (χ0) is 19.8. The second-order valence-electron chi connectivity index (χ2n) is 7.19. The Labute approximate surface area is 165 Å². The summed E-state index contributed by atoms with van der Waals surface area (Å²) in [7, 11) is 0. The third-order valence-electron chi connectivity index (χ3n) is 5.19. The minimum absolute atomic E-state index is 0.237. The first-order valence-corrected chi connectivity index (χ1v) is 10.0. The molecule has 2 N–H and O–H groups in total. The van der Waals surface area contributed by atoms with Gasteiger partial charge >= 0.3 is 6.03 Å². The van der Waals surface area contributed by atoms with Crippen LogP contribution in [-0.2, 0) is 9.53 Å². The summed E-state index contributed by atoms with van der Waals surface area (Å²) in [5.41, 5.74) is 0.610. The molecule has 2 saturated heterocycles. The molecule has 3 rings (SSSR count). The van der Waals surface area contributed by atoms with Crippen LogP contribution in [0.1, 0.15) is 30.9 Å². The van der Waals surface area contributed by atoms with Crippen LogP contribution in [0.25, 0.3) is 0 Å². The number of nitrogens with zero attached hydrogens (tertiary/aromatic N) is 2. The molecule has 0 aliphatic carbocycles. The molecule has 2 aliphatic rings. The van der Waals surface area contributed by atoms with E-state index in [-0.39, 0.29) is 17.8 Å². The maximum absolute atomic E-state index is 13.2. The Morgan fingerprint density at radius 2 is 1.89 bits per heavy atom. The minimum atomic E-state index is -0.726. The number of benzene rings is 1.